The Labute approximate surface area is 175 Å². The lowest BCUT2D eigenvalue weighted by Gasteiger charge is -2.41. The van der Waals surface area contributed by atoms with Gasteiger partial charge in [-0.3, -0.25) is 4.79 Å². The Hall–Kier alpha value is -1.61. The number of hydrogen-bond donors (Lipinski definition) is 1. The Kier molecular flexibility index (Phi) is 6.26. The molecule has 2 saturated heterocycles. The van der Waals surface area contributed by atoms with Crippen LogP contribution in [0.25, 0.3) is 0 Å². The molecule has 2 heterocycles. The maximum atomic E-state index is 14.0. The van der Waals surface area contributed by atoms with Crippen molar-refractivity contribution < 1.29 is 26.4 Å². The van der Waals surface area contributed by atoms with E-state index in [1.54, 1.807) is 25.7 Å². The van der Waals surface area contributed by atoms with Gasteiger partial charge in [-0.1, -0.05) is 0 Å². The number of carbonyl (C=O) groups excluding carboxylic acids is 1. The van der Waals surface area contributed by atoms with Gasteiger partial charge in [0.05, 0.1) is 4.75 Å². The first-order chi connectivity index (χ1) is 13.8. The molecular formula is C21H29F3N2O3S. The lowest BCUT2D eigenvalue weighted by molar-refractivity contribution is -0.133. The summed E-state index contributed by atoms with van der Waals surface area (Å²) in [7, 11) is -3.57. The lowest BCUT2D eigenvalue weighted by Crippen LogP contribution is -2.52. The predicted octanol–water partition coefficient (Wildman–Crippen LogP) is 2.96. The third kappa shape index (κ3) is 4.51. The van der Waals surface area contributed by atoms with Crippen LogP contribution in [0.4, 0.5) is 13.2 Å². The molecule has 30 heavy (non-hydrogen) atoms. The minimum atomic E-state index is -3.57. The highest BCUT2D eigenvalue weighted by atomic mass is 32.2. The van der Waals surface area contributed by atoms with Crippen LogP contribution in [0, 0.1) is 23.4 Å². The van der Waals surface area contributed by atoms with Gasteiger partial charge in [0, 0.05) is 24.2 Å². The van der Waals surface area contributed by atoms with Gasteiger partial charge in [-0.2, -0.15) is 0 Å². The molecule has 1 unspecified atom stereocenters. The first kappa shape index (κ1) is 23.1. The minimum absolute atomic E-state index is 0.0155. The molecule has 0 radical (unpaired) electrons. The molecule has 0 aliphatic carbocycles. The number of piperidine rings is 1. The number of fused-ring (bicyclic) bond motifs is 2. The van der Waals surface area contributed by atoms with Crippen molar-refractivity contribution in [2.45, 2.75) is 75.7 Å². The topological polar surface area (TPSA) is 80.5 Å². The molecule has 1 aromatic rings. The zero-order valence-electron chi connectivity index (χ0n) is 17.5. The molecule has 2 N–H and O–H groups in total. The van der Waals surface area contributed by atoms with Gasteiger partial charge in [0.15, 0.2) is 21.5 Å². The van der Waals surface area contributed by atoms with Crippen molar-refractivity contribution >= 4 is 15.7 Å². The third-order valence-electron chi connectivity index (χ3n) is 6.45. The Morgan fingerprint density at radius 1 is 1.10 bits per heavy atom. The second kappa shape index (κ2) is 8.15. The monoisotopic (exact) mass is 446 g/mol. The number of nitrogens with zero attached hydrogens (tertiary/aromatic N) is 1. The van der Waals surface area contributed by atoms with Gasteiger partial charge in [0.2, 0.25) is 5.91 Å². The van der Waals surface area contributed by atoms with Crippen molar-refractivity contribution in [3.63, 3.8) is 0 Å². The first-order valence-corrected chi connectivity index (χ1v) is 11.9. The summed E-state index contributed by atoms with van der Waals surface area (Å²) in [4.78, 5) is 14.5. The number of hydrogen-bond acceptors (Lipinski definition) is 4. The van der Waals surface area contributed by atoms with E-state index in [2.05, 4.69) is 0 Å². The van der Waals surface area contributed by atoms with Crippen molar-refractivity contribution in [3.05, 3.63) is 35.1 Å². The first-order valence-electron chi connectivity index (χ1n) is 10.2. The van der Waals surface area contributed by atoms with Crippen LogP contribution in [-0.4, -0.2) is 47.9 Å². The Bertz CT molecular complexity index is 916. The highest BCUT2D eigenvalue weighted by molar-refractivity contribution is 7.93. The highest BCUT2D eigenvalue weighted by Crippen LogP contribution is 2.40. The third-order valence-corrected chi connectivity index (χ3v) is 8.95. The molecular weight excluding hydrogens is 417 g/mol. The summed E-state index contributed by atoms with van der Waals surface area (Å²) in [5.74, 6) is -4.08. The summed E-state index contributed by atoms with van der Waals surface area (Å²) >= 11 is 0. The summed E-state index contributed by atoms with van der Waals surface area (Å²) in [6.07, 6.45) is 2.79. The predicted molar refractivity (Wildman–Crippen MR) is 108 cm³/mol. The fraction of sp³-hybridized carbons (Fsp3) is 0.667. The van der Waals surface area contributed by atoms with E-state index in [0.29, 0.717) is 18.9 Å². The molecule has 1 aromatic carbocycles. The standard InChI is InChI=1S/C21H29F3N2O3S/c1-21(2,3)30(28,29)11-20(27)26-14-4-5-15(26)7-13(6-14)19(25)9-12-8-17(23)18(24)10-16(12)22/h8,10,13-15,19H,4-7,9,11,25H2,1-3H3/t13?,14-,15+,19-/m1/s1. The van der Waals surface area contributed by atoms with Crippen LogP contribution in [0.3, 0.4) is 0 Å². The number of benzene rings is 1. The number of amides is 1. The minimum Gasteiger partial charge on any atom is -0.336 e. The average molecular weight is 447 g/mol. The zero-order valence-corrected chi connectivity index (χ0v) is 18.3. The molecule has 2 aliphatic rings. The van der Waals surface area contributed by atoms with E-state index in [4.69, 9.17) is 5.73 Å². The average Bonchev–Trinajstić information content (AvgIpc) is 2.88. The molecule has 1 amide bonds. The van der Waals surface area contributed by atoms with E-state index in [-0.39, 0.29) is 35.9 Å². The van der Waals surface area contributed by atoms with Gasteiger partial charge in [0.1, 0.15) is 11.6 Å². The normalized spacial score (nSPS) is 25.4. The van der Waals surface area contributed by atoms with Crippen molar-refractivity contribution in [1.82, 2.24) is 4.90 Å². The smallest absolute Gasteiger partial charge is 0.238 e. The zero-order chi connectivity index (χ0) is 22.4. The molecule has 2 fully saturated rings. The van der Waals surface area contributed by atoms with Gasteiger partial charge in [-0.15, -0.1) is 0 Å². The molecule has 168 valence electrons. The molecule has 5 nitrogen and oxygen atoms in total. The summed E-state index contributed by atoms with van der Waals surface area (Å²) in [5, 5.41) is 0. The van der Waals surface area contributed by atoms with E-state index >= 15 is 0 Å². The molecule has 4 atom stereocenters. The van der Waals surface area contributed by atoms with Crippen LogP contribution in [0.15, 0.2) is 12.1 Å². The van der Waals surface area contributed by atoms with E-state index in [9.17, 15) is 26.4 Å². The fourth-order valence-electron chi connectivity index (χ4n) is 4.57. The van der Waals surface area contributed by atoms with E-state index in [1.807, 2.05) is 0 Å². The number of rotatable bonds is 5. The van der Waals surface area contributed by atoms with Crippen molar-refractivity contribution in [2.24, 2.45) is 11.7 Å². The summed E-state index contributed by atoms with van der Waals surface area (Å²) < 4.78 is 64.5. The van der Waals surface area contributed by atoms with Crippen molar-refractivity contribution in [3.8, 4) is 0 Å². The van der Waals surface area contributed by atoms with Gasteiger partial charge >= 0.3 is 0 Å². The van der Waals surface area contributed by atoms with E-state index in [0.717, 1.165) is 18.9 Å². The second-order valence-corrected chi connectivity index (χ2v) is 12.3. The maximum Gasteiger partial charge on any atom is 0.238 e. The van der Waals surface area contributed by atoms with Crippen molar-refractivity contribution in [2.75, 3.05) is 5.75 Å². The Morgan fingerprint density at radius 2 is 1.63 bits per heavy atom. The molecule has 0 aromatic heterocycles. The van der Waals surface area contributed by atoms with Gasteiger partial charge < -0.3 is 10.6 Å². The van der Waals surface area contributed by atoms with Gasteiger partial charge in [-0.25, -0.2) is 21.6 Å². The van der Waals surface area contributed by atoms with Crippen LogP contribution in [0.5, 0.6) is 0 Å². The molecule has 2 bridgehead atoms. The number of nitrogens with two attached hydrogens (primary N) is 1. The van der Waals surface area contributed by atoms with E-state index in [1.165, 1.54) is 0 Å². The number of sulfone groups is 1. The highest BCUT2D eigenvalue weighted by Gasteiger charge is 2.46. The summed E-state index contributed by atoms with van der Waals surface area (Å²) in [6.45, 7) is 4.73. The number of carbonyl (C=O) groups is 1. The molecule has 0 spiro atoms. The SMILES string of the molecule is CC(C)(C)S(=O)(=O)CC(=O)N1[C@@H]2CC[C@H]1CC([C@H](N)Cc1cc(F)c(F)cc1F)C2. The van der Waals surface area contributed by atoms with Gasteiger partial charge in [-0.05, 0) is 70.4 Å². The fourth-order valence-corrected chi connectivity index (χ4v) is 5.48. The molecule has 2 aliphatic heterocycles. The Balaban J connectivity index is 1.67. The molecule has 0 saturated carbocycles. The van der Waals surface area contributed by atoms with Crippen LogP contribution < -0.4 is 5.73 Å². The summed E-state index contributed by atoms with van der Waals surface area (Å²) in [6, 6.07) is 0.699. The summed E-state index contributed by atoms with van der Waals surface area (Å²) in [5.41, 5.74) is 6.32. The maximum absolute atomic E-state index is 14.0. The number of halogens is 3. The Morgan fingerprint density at radius 3 is 2.17 bits per heavy atom. The van der Waals surface area contributed by atoms with E-state index < -0.39 is 43.8 Å². The van der Waals surface area contributed by atoms with Crippen LogP contribution >= 0.6 is 0 Å². The van der Waals surface area contributed by atoms with Crippen LogP contribution in [0.1, 0.15) is 52.0 Å². The van der Waals surface area contributed by atoms with Crippen molar-refractivity contribution in [1.29, 1.82) is 0 Å². The quantitative estimate of drug-likeness (QED) is 0.706. The lowest BCUT2D eigenvalue weighted by atomic mass is 9.82. The van der Waals surface area contributed by atoms with Crippen LogP contribution in [0.2, 0.25) is 0 Å². The second-order valence-electron chi connectivity index (χ2n) is 9.51. The van der Waals surface area contributed by atoms with Gasteiger partial charge in [0.25, 0.3) is 0 Å². The van der Waals surface area contributed by atoms with Crippen LogP contribution in [-0.2, 0) is 21.1 Å². The molecule has 9 heteroatoms. The largest absolute Gasteiger partial charge is 0.336 e. The molecule has 3 rings (SSSR count).